The minimum Gasteiger partial charge on any atom is -0.330 e. The molecule has 0 saturated heterocycles. The fourth-order valence-electron chi connectivity index (χ4n) is 1.54. The number of imidazole rings is 1. The smallest absolute Gasteiger partial charge is 0.291 e. The first kappa shape index (κ1) is 10.4. The van der Waals surface area contributed by atoms with Crippen molar-refractivity contribution < 1.29 is 4.79 Å². The number of aromatic nitrogens is 2. The Morgan fingerprint density at radius 3 is 2.56 bits per heavy atom. The summed E-state index contributed by atoms with van der Waals surface area (Å²) in [5.74, 6) is 0.225. The molecule has 0 spiro atoms. The van der Waals surface area contributed by atoms with E-state index in [0.717, 1.165) is 11.4 Å². The quantitative estimate of drug-likeness (QED) is 0.832. The van der Waals surface area contributed by atoms with Gasteiger partial charge in [0.25, 0.3) is 5.91 Å². The Morgan fingerprint density at radius 1 is 1.31 bits per heavy atom. The van der Waals surface area contributed by atoms with Crippen LogP contribution in [0, 0.1) is 6.92 Å². The van der Waals surface area contributed by atoms with Crippen LogP contribution in [0.3, 0.4) is 0 Å². The van der Waals surface area contributed by atoms with Crippen LogP contribution in [0.5, 0.6) is 0 Å². The zero-order valence-electron chi connectivity index (χ0n) is 9.27. The van der Waals surface area contributed by atoms with Gasteiger partial charge in [0.1, 0.15) is 0 Å². The van der Waals surface area contributed by atoms with Crippen LogP contribution in [-0.2, 0) is 7.05 Å². The molecule has 2 aromatic rings. The topological polar surface area (TPSA) is 46.9 Å². The Bertz CT molecular complexity index is 502. The minimum absolute atomic E-state index is 0.193. The molecule has 0 bridgehead atoms. The summed E-state index contributed by atoms with van der Waals surface area (Å²) in [6, 6.07) is 9.33. The number of anilines is 1. The Balaban J connectivity index is 2.18. The summed E-state index contributed by atoms with van der Waals surface area (Å²) in [5, 5.41) is 2.79. The molecule has 4 heteroatoms. The standard InChI is InChI=1S/C12H13N3O/c1-9-8-15(2)11(13-9)12(16)14-10-6-4-3-5-7-10/h3-8H,1-2H3,(H,14,16). The molecule has 0 saturated carbocycles. The Morgan fingerprint density at radius 2 is 2.00 bits per heavy atom. The van der Waals surface area contributed by atoms with Gasteiger partial charge in [0.15, 0.2) is 5.82 Å². The van der Waals surface area contributed by atoms with E-state index in [0.29, 0.717) is 5.82 Å². The van der Waals surface area contributed by atoms with Crippen molar-refractivity contribution in [3.8, 4) is 0 Å². The highest BCUT2D eigenvalue weighted by Gasteiger charge is 2.12. The third-order valence-corrected chi connectivity index (χ3v) is 2.23. The van der Waals surface area contributed by atoms with Gasteiger partial charge >= 0.3 is 0 Å². The third kappa shape index (κ3) is 2.11. The van der Waals surface area contributed by atoms with Gasteiger partial charge in [-0.15, -0.1) is 0 Å². The highest BCUT2D eigenvalue weighted by molar-refractivity contribution is 6.01. The number of hydrogen-bond donors (Lipinski definition) is 1. The molecule has 82 valence electrons. The highest BCUT2D eigenvalue weighted by atomic mass is 16.2. The van der Waals surface area contributed by atoms with Crippen LogP contribution in [-0.4, -0.2) is 15.5 Å². The maximum Gasteiger partial charge on any atom is 0.291 e. The lowest BCUT2D eigenvalue weighted by atomic mass is 10.3. The first-order valence-corrected chi connectivity index (χ1v) is 5.03. The number of para-hydroxylation sites is 1. The van der Waals surface area contributed by atoms with Gasteiger partial charge in [-0.05, 0) is 19.1 Å². The van der Waals surface area contributed by atoms with Crippen LogP contribution in [0.2, 0.25) is 0 Å². The van der Waals surface area contributed by atoms with Crippen molar-refractivity contribution in [3.05, 3.63) is 48.0 Å². The highest BCUT2D eigenvalue weighted by Crippen LogP contribution is 2.08. The number of nitrogens with zero attached hydrogens (tertiary/aromatic N) is 2. The maximum absolute atomic E-state index is 11.9. The van der Waals surface area contributed by atoms with E-state index in [1.807, 2.05) is 43.5 Å². The number of benzene rings is 1. The largest absolute Gasteiger partial charge is 0.330 e. The average molecular weight is 215 g/mol. The number of nitrogens with one attached hydrogen (secondary N) is 1. The van der Waals surface area contributed by atoms with Crippen molar-refractivity contribution >= 4 is 11.6 Å². The van der Waals surface area contributed by atoms with E-state index in [1.54, 1.807) is 11.6 Å². The van der Waals surface area contributed by atoms with Gasteiger partial charge < -0.3 is 9.88 Å². The third-order valence-electron chi connectivity index (χ3n) is 2.23. The van der Waals surface area contributed by atoms with E-state index in [1.165, 1.54) is 0 Å². The van der Waals surface area contributed by atoms with Crippen LogP contribution in [0.4, 0.5) is 5.69 Å². The predicted molar refractivity (Wildman–Crippen MR) is 62.3 cm³/mol. The summed E-state index contributed by atoms with van der Waals surface area (Å²) >= 11 is 0. The molecule has 4 nitrogen and oxygen atoms in total. The second-order valence-corrected chi connectivity index (χ2v) is 3.64. The van der Waals surface area contributed by atoms with Crippen molar-refractivity contribution in [2.24, 2.45) is 7.05 Å². The van der Waals surface area contributed by atoms with E-state index >= 15 is 0 Å². The van der Waals surface area contributed by atoms with E-state index in [-0.39, 0.29) is 5.91 Å². The van der Waals surface area contributed by atoms with Gasteiger partial charge in [-0.25, -0.2) is 4.98 Å². The summed E-state index contributed by atoms with van der Waals surface area (Å²) in [6.45, 7) is 1.86. The summed E-state index contributed by atoms with van der Waals surface area (Å²) in [7, 11) is 1.81. The molecule has 0 aliphatic heterocycles. The van der Waals surface area contributed by atoms with Crippen LogP contribution in [0.15, 0.2) is 36.5 Å². The van der Waals surface area contributed by atoms with Crippen molar-refractivity contribution in [1.29, 1.82) is 0 Å². The molecule has 0 fully saturated rings. The SMILES string of the molecule is Cc1cn(C)c(C(=O)Nc2ccccc2)n1. The fourth-order valence-corrected chi connectivity index (χ4v) is 1.54. The minimum atomic E-state index is -0.193. The molecular weight excluding hydrogens is 202 g/mol. The van der Waals surface area contributed by atoms with E-state index < -0.39 is 0 Å². The van der Waals surface area contributed by atoms with E-state index in [2.05, 4.69) is 10.3 Å². The van der Waals surface area contributed by atoms with Gasteiger partial charge in [0, 0.05) is 18.9 Å². The lowest BCUT2D eigenvalue weighted by Crippen LogP contribution is -2.16. The number of carbonyl (C=O) groups excluding carboxylic acids is 1. The number of carbonyl (C=O) groups is 1. The summed E-state index contributed by atoms with van der Waals surface area (Å²) < 4.78 is 1.72. The molecule has 0 aliphatic carbocycles. The van der Waals surface area contributed by atoms with E-state index in [9.17, 15) is 4.79 Å². The molecule has 0 atom stereocenters. The Kier molecular flexibility index (Phi) is 2.72. The second-order valence-electron chi connectivity index (χ2n) is 3.64. The lowest BCUT2D eigenvalue weighted by molar-refractivity contribution is 0.101. The summed E-state index contributed by atoms with van der Waals surface area (Å²) in [5.41, 5.74) is 1.61. The number of hydrogen-bond acceptors (Lipinski definition) is 2. The van der Waals surface area contributed by atoms with Gasteiger partial charge in [0.2, 0.25) is 0 Å². The molecular formula is C12H13N3O. The first-order valence-electron chi connectivity index (χ1n) is 5.03. The van der Waals surface area contributed by atoms with Crippen molar-refractivity contribution in [3.63, 3.8) is 0 Å². The Labute approximate surface area is 93.9 Å². The number of rotatable bonds is 2. The molecule has 1 aromatic carbocycles. The van der Waals surface area contributed by atoms with Gasteiger partial charge in [-0.3, -0.25) is 4.79 Å². The van der Waals surface area contributed by atoms with Crippen LogP contribution < -0.4 is 5.32 Å². The molecule has 1 aromatic heterocycles. The summed E-state index contributed by atoms with van der Waals surface area (Å²) in [4.78, 5) is 16.0. The first-order chi connectivity index (χ1) is 7.66. The zero-order chi connectivity index (χ0) is 11.5. The van der Waals surface area contributed by atoms with Crippen molar-refractivity contribution in [2.75, 3.05) is 5.32 Å². The molecule has 0 aliphatic rings. The van der Waals surface area contributed by atoms with E-state index in [4.69, 9.17) is 0 Å². The van der Waals surface area contributed by atoms with Gasteiger partial charge in [0.05, 0.1) is 5.69 Å². The predicted octanol–water partition coefficient (Wildman–Crippen LogP) is 1.98. The van der Waals surface area contributed by atoms with Crippen molar-refractivity contribution in [2.45, 2.75) is 6.92 Å². The average Bonchev–Trinajstić information content (AvgIpc) is 2.59. The molecule has 0 radical (unpaired) electrons. The molecule has 2 rings (SSSR count). The normalized spacial score (nSPS) is 10.1. The van der Waals surface area contributed by atoms with Crippen LogP contribution in [0.1, 0.15) is 16.3 Å². The molecule has 1 amide bonds. The Hall–Kier alpha value is -2.10. The molecule has 1 N–H and O–H groups in total. The van der Waals surface area contributed by atoms with Crippen LogP contribution >= 0.6 is 0 Å². The monoisotopic (exact) mass is 215 g/mol. The number of aryl methyl sites for hydroxylation is 2. The fraction of sp³-hybridized carbons (Fsp3) is 0.167. The molecule has 1 heterocycles. The summed E-state index contributed by atoms with van der Waals surface area (Å²) in [6.07, 6.45) is 1.82. The van der Waals surface area contributed by atoms with Gasteiger partial charge in [-0.1, -0.05) is 18.2 Å². The number of amides is 1. The van der Waals surface area contributed by atoms with Crippen molar-refractivity contribution in [1.82, 2.24) is 9.55 Å². The van der Waals surface area contributed by atoms with Crippen LogP contribution in [0.25, 0.3) is 0 Å². The molecule has 0 unspecified atom stereocenters. The lowest BCUT2D eigenvalue weighted by Gasteiger charge is -2.04. The maximum atomic E-state index is 11.9. The second kappa shape index (κ2) is 4.18. The molecule has 16 heavy (non-hydrogen) atoms. The zero-order valence-corrected chi connectivity index (χ0v) is 9.27. The van der Waals surface area contributed by atoms with Gasteiger partial charge in [-0.2, -0.15) is 0 Å².